The second-order valence-corrected chi connectivity index (χ2v) is 4.72. The average Bonchev–Trinajstić information content (AvgIpc) is 2.78. The number of amides is 1. The highest BCUT2D eigenvalue weighted by Gasteiger charge is 2.21. The van der Waals surface area contributed by atoms with Crippen molar-refractivity contribution in [2.45, 2.75) is 13.8 Å². The molecule has 2 N–H and O–H groups in total. The number of benzene rings is 1. The second kappa shape index (κ2) is 6.00. The Labute approximate surface area is 122 Å². The quantitative estimate of drug-likeness (QED) is 0.895. The van der Waals surface area contributed by atoms with Crippen molar-refractivity contribution in [1.29, 1.82) is 0 Å². The summed E-state index contributed by atoms with van der Waals surface area (Å²) >= 11 is 3.15. The van der Waals surface area contributed by atoms with Gasteiger partial charge in [0.1, 0.15) is 5.82 Å². The summed E-state index contributed by atoms with van der Waals surface area (Å²) in [5.41, 5.74) is -0.154. The number of nitrogens with one attached hydrogen (secondary N) is 2. The summed E-state index contributed by atoms with van der Waals surface area (Å²) in [4.78, 5) is 16.0. The third-order valence-electron chi connectivity index (χ3n) is 2.41. The number of rotatable bonds is 4. The van der Waals surface area contributed by atoms with Gasteiger partial charge in [-0.05, 0) is 41.9 Å². The molecule has 0 spiro atoms. The zero-order valence-electron chi connectivity index (χ0n) is 10.8. The maximum absolute atomic E-state index is 14.2. The monoisotopic (exact) mass is 342 g/mol. The first-order valence-electron chi connectivity index (χ1n) is 5.84. The van der Waals surface area contributed by atoms with E-state index in [-0.39, 0.29) is 17.3 Å². The van der Waals surface area contributed by atoms with E-state index in [9.17, 15) is 9.18 Å². The lowest BCUT2D eigenvalue weighted by Crippen LogP contribution is -2.16. The predicted molar refractivity (Wildman–Crippen MR) is 74.3 cm³/mol. The summed E-state index contributed by atoms with van der Waals surface area (Å²) in [6, 6.07) is 3.00. The first kappa shape index (κ1) is 14.4. The highest BCUT2D eigenvalue weighted by molar-refractivity contribution is 9.10. The Morgan fingerprint density at radius 2 is 2.30 bits per heavy atom. The first-order chi connectivity index (χ1) is 9.52. The molecule has 20 heavy (non-hydrogen) atoms. The van der Waals surface area contributed by atoms with Crippen molar-refractivity contribution in [2.75, 3.05) is 11.9 Å². The van der Waals surface area contributed by atoms with Crippen LogP contribution < -0.4 is 10.1 Å². The molecule has 0 saturated carbocycles. The Morgan fingerprint density at radius 3 is 2.90 bits per heavy atom. The van der Waals surface area contributed by atoms with Crippen molar-refractivity contribution in [3.05, 3.63) is 33.8 Å². The number of aryl methyl sites for hydroxylation is 1. The number of nitrogens with zero attached hydrogens (tertiary/aromatic N) is 2. The van der Waals surface area contributed by atoms with Crippen LogP contribution in [0.3, 0.4) is 0 Å². The fourth-order valence-corrected chi connectivity index (χ4v) is 2.06. The van der Waals surface area contributed by atoms with Crippen LogP contribution in [0.25, 0.3) is 0 Å². The Morgan fingerprint density at radius 1 is 1.55 bits per heavy atom. The van der Waals surface area contributed by atoms with Crippen LogP contribution >= 0.6 is 15.9 Å². The minimum atomic E-state index is -0.731. The van der Waals surface area contributed by atoms with E-state index in [4.69, 9.17) is 4.74 Å². The summed E-state index contributed by atoms with van der Waals surface area (Å²) in [5.74, 6) is -0.739. The summed E-state index contributed by atoms with van der Waals surface area (Å²) < 4.78 is 19.7. The van der Waals surface area contributed by atoms with Crippen molar-refractivity contribution >= 4 is 27.8 Å². The molecule has 0 atom stereocenters. The van der Waals surface area contributed by atoms with E-state index in [0.717, 1.165) is 0 Å². The van der Waals surface area contributed by atoms with Gasteiger partial charge in [-0.25, -0.2) is 4.39 Å². The van der Waals surface area contributed by atoms with E-state index in [2.05, 4.69) is 36.4 Å². The topological polar surface area (TPSA) is 79.9 Å². The Balaban J connectivity index is 2.31. The number of aromatic nitrogens is 3. The minimum absolute atomic E-state index is 0.0204. The maximum atomic E-state index is 14.2. The highest BCUT2D eigenvalue weighted by atomic mass is 79.9. The number of H-pyrrole nitrogens is 1. The molecule has 2 rings (SSSR count). The van der Waals surface area contributed by atoms with Crippen molar-refractivity contribution in [3.63, 3.8) is 0 Å². The number of aromatic amines is 1. The Bertz CT molecular complexity index is 644. The van der Waals surface area contributed by atoms with Gasteiger partial charge in [0.2, 0.25) is 5.95 Å². The lowest BCUT2D eigenvalue weighted by atomic mass is 10.2. The van der Waals surface area contributed by atoms with Crippen molar-refractivity contribution in [2.24, 2.45) is 0 Å². The van der Waals surface area contributed by atoms with E-state index in [1.54, 1.807) is 19.9 Å². The van der Waals surface area contributed by atoms with Crippen LogP contribution in [-0.2, 0) is 0 Å². The molecule has 1 aromatic heterocycles. The third kappa shape index (κ3) is 2.96. The minimum Gasteiger partial charge on any atom is -0.491 e. The Kier molecular flexibility index (Phi) is 4.33. The lowest BCUT2D eigenvalue weighted by Gasteiger charge is -2.10. The van der Waals surface area contributed by atoms with E-state index in [1.165, 1.54) is 6.07 Å². The predicted octanol–water partition coefficient (Wildman–Crippen LogP) is 2.67. The molecule has 2 aromatic rings. The number of hydrogen-bond acceptors (Lipinski definition) is 4. The summed E-state index contributed by atoms with van der Waals surface area (Å²) in [5, 5.41) is 8.75. The first-order valence-corrected chi connectivity index (χ1v) is 6.63. The Hall–Kier alpha value is -1.96. The molecular formula is C12H12BrFN4O2. The zero-order chi connectivity index (χ0) is 14.7. The van der Waals surface area contributed by atoms with Gasteiger partial charge >= 0.3 is 0 Å². The van der Waals surface area contributed by atoms with Crippen LogP contribution in [0.2, 0.25) is 0 Å². The zero-order valence-corrected chi connectivity index (χ0v) is 12.4. The van der Waals surface area contributed by atoms with Crippen LogP contribution in [0.5, 0.6) is 5.75 Å². The lowest BCUT2D eigenvalue weighted by molar-refractivity contribution is 0.102. The molecule has 8 heteroatoms. The molecule has 1 amide bonds. The number of carbonyl (C=O) groups excluding carboxylic acids is 1. The number of carbonyl (C=O) groups is 1. The standard InChI is InChI=1S/C12H12BrFN4O2/c1-3-20-8-5-4-7(13)9(10(8)14)11(19)16-12-15-6(2)17-18-12/h4-5H,3H2,1-2H3,(H2,15,16,17,18,19). The largest absolute Gasteiger partial charge is 0.491 e. The van der Waals surface area contributed by atoms with Crippen molar-refractivity contribution in [1.82, 2.24) is 15.2 Å². The van der Waals surface area contributed by atoms with Crippen LogP contribution in [0.1, 0.15) is 23.1 Å². The van der Waals surface area contributed by atoms with E-state index < -0.39 is 11.7 Å². The highest BCUT2D eigenvalue weighted by Crippen LogP contribution is 2.28. The molecule has 0 saturated heterocycles. The molecule has 0 fully saturated rings. The van der Waals surface area contributed by atoms with E-state index in [0.29, 0.717) is 16.9 Å². The van der Waals surface area contributed by atoms with Gasteiger partial charge in [-0.1, -0.05) is 0 Å². The summed E-state index contributed by atoms with van der Waals surface area (Å²) in [6.45, 7) is 3.73. The SMILES string of the molecule is CCOc1ccc(Br)c(C(=O)Nc2n[nH]c(C)n2)c1F. The molecule has 0 unspecified atom stereocenters. The molecule has 0 radical (unpaired) electrons. The molecule has 106 valence electrons. The van der Waals surface area contributed by atoms with Gasteiger partial charge < -0.3 is 4.74 Å². The third-order valence-corrected chi connectivity index (χ3v) is 3.07. The van der Waals surface area contributed by atoms with Crippen molar-refractivity contribution in [3.8, 4) is 5.75 Å². The smallest absolute Gasteiger partial charge is 0.262 e. The van der Waals surface area contributed by atoms with Gasteiger partial charge in [-0.2, -0.15) is 4.98 Å². The van der Waals surface area contributed by atoms with Crippen LogP contribution in [0.15, 0.2) is 16.6 Å². The van der Waals surface area contributed by atoms with Crippen LogP contribution in [-0.4, -0.2) is 27.7 Å². The molecule has 0 aliphatic rings. The molecule has 6 nitrogen and oxygen atoms in total. The molecular weight excluding hydrogens is 331 g/mol. The molecule has 1 heterocycles. The molecule has 0 bridgehead atoms. The number of anilines is 1. The number of ether oxygens (including phenoxy) is 1. The van der Waals surface area contributed by atoms with Gasteiger partial charge in [-0.15, -0.1) is 5.10 Å². The fourth-order valence-electron chi connectivity index (χ4n) is 1.57. The van der Waals surface area contributed by atoms with Gasteiger partial charge in [0.25, 0.3) is 5.91 Å². The molecule has 1 aromatic carbocycles. The van der Waals surface area contributed by atoms with Crippen molar-refractivity contribution < 1.29 is 13.9 Å². The van der Waals surface area contributed by atoms with Gasteiger partial charge in [0.05, 0.1) is 12.2 Å². The summed E-state index contributed by atoms with van der Waals surface area (Å²) in [7, 11) is 0. The van der Waals surface area contributed by atoms with Crippen LogP contribution in [0.4, 0.5) is 10.3 Å². The number of halogens is 2. The van der Waals surface area contributed by atoms with E-state index in [1.807, 2.05) is 0 Å². The number of hydrogen-bond donors (Lipinski definition) is 2. The van der Waals surface area contributed by atoms with Gasteiger partial charge in [0, 0.05) is 4.47 Å². The maximum Gasteiger partial charge on any atom is 0.262 e. The van der Waals surface area contributed by atoms with Gasteiger partial charge in [-0.3, -0.25) is 15.2 Å². The fraction of sp³-hybridized carbons (Fsp3) is 0.250. The molecule has 0 aliphatic heterocycles. The molecule has 0 aliphatic carbocycles. The van der Waals surface area contributed by atoms with Gasteiger partial charge in [0.15, 0.2) is 11.6 Å². The average molecular weight is 343 g/mol. The van der Waals surface area contributed by atoms with Crippen LogP contribution in [0, 0.1) is 12.7 Å². The van der Waals surface area contributed by atoms with E-state index >= 15 is 0 Å². The second-order valence-electron chi connectivity index (χ2n) is 3.87. The normalized spacial score (nSPS) is 10.4. The summed E-state index contributed by atoms with van der Waals surface area (Å²) in [6.07, 6.45) is 0.